The van der Waals surface area contributed by atoms with E-state index in [9.17, 15) is 24.5 Å². The lowest BCUT2D eigenvalue weighted by atomic mass is 10.0. The highest BCUT2D eigenvalue weighted by Crippen LogP contribution is 2.27. The summed E-state index contributed by atoms with van der Waals surface area (Å²) in [4.78, 5) is 46.8. The third-order valence-corrected chi connectivity index (χ3v) is 6.02. The first kappa shape index (κ1) is 32.8. The molecule has 0 radical (unpaired) electrons. The summed E-state index contributed by atoms with van der Waals surface area (Å²) < 4.78 is 25.5. The highest BCUT2D eigenvalue weighted by Gasteiger charge is 2.22. The minimum absolute atomic E-state index is 0.0174. The lowest BCUT2D eigenvalue weighted by Crippen LogP contribution is -2.45. The molecule has 2 aromatic rings. The third-order valence-electron chi connectivity index (χ3n) is 6.02. The first-order valence-corrected chi connectivity index (χ1v) is 13.1. The molecule has 13 heteroatoms. The number of carbonyl (C=O) groups is 3. The van der Waals surface area contributed by atoms with Crippen molar-refractivity contribution in [2.45, 2.75) is 70.9 Å². The first-order valence-electron chi connectivity index (χ1n) is 13.1. The van der Waals surface area contributed by atoms with E-state index in [1.165, 1.54) is 18.2 Å². The van der Waals surface area contributed by atoms with Crippen molar-refractivity contribution in [3.05, 3.63) is 63.5 Å². The van der Waals surface area contributed by atoms with Crippen molar-refractivity contribution in [3.63, 3.8) is 0 Å². The van der Waals surface area contributed by atoms with E-state index in [2.05, 4.69) is 5.32 Å². The second kappa shape index (κ2) is 14.8. The molecule has 0 aliphatic heterocycles. The number of carbonyl (C=O) groups excluding carboxylic acids is 2. The lowest BCUT2D eigenvalue weighted by Gasteiger charge is -2.28. The van der Waals surface area contributed by atoms with Gasteiger partial charge < -0.3 is 30.5 Å². The van der Waals surface area contributed by atoms with Gasteiger partial charge >= 0.3 is 12.2 Å². The van der Waals surface area contributed by atoms with Crippen LogP contribution in [0.5, 0.6) is 5.75 Å². The summed E-state index contributed by atoms with van der Waals surface area (Å²) in [6.45, 7) is 5.37. The molecular formula is C28H37FN4O8. The number of alkyl carbamates (subject to hydrolysis) is 1. The Balaban J connectivity index is 2.07. The van der Waals surface area contributed by atoms with Gasteiger partial charge in [-0.3, -0.25) is 14.9 Å². The number of hydrogen-bond donors (Lipinski definition) is 3. The molecular weight excluding hydrogens is 539 g/mol. The second-order valence-corrected chi connectivity index (χ2v) is 10.6. The van der Waals surface area contributed by atoms with Gasteiger partial charge in [0.15, 0.2) is 0 Å². The molecule has 2 rings (SSSR count). The number of nitrogens with two attached hydrogens (primary N) is 1. The molecule has 41 heavy (non-hydrogen) atoms. The predicted octanol–water partition coefficient (Wildman–Crippen LogP) is 4.95. The number of nitro benzene ring substituents is 1. The molecule has 1 atom stereocenters. The molecule has 12 nitrogen and oxygen atoms in total. The van der Waals surface area contributed by atoms with Crippen LogP contribution in [0, 0.1) is 15.9 Å². The number of nitrogens with one attached hydrogen (secondary N) is 1. The van der Waals surface area contributed by atoms with Crippen molar-refractivity contribution < 1.29 is 38.3 Å². The van der Waals surface area contributed by atoms with Crippen LogP contribution >= 0.6 is 0 Å². The van der Waals surface area contributed by atoms with Gasteiger partial charge in [0.05, 0.1) is 16.7 Å². The Labute approximate surface area is 237 Å². The van der Waals surface area contributed by atoms with Crippen LogP contribution in [-0.2, 0) is 22.4 Å². The first-order chi connectivity index (χ1) is 19.2. The molecule has 224 valence electrons. The number of anilines is 1. The Bertz CT molecular complexity index is 1250. The number of non-ortho nitro benzene ring substituents is 1. The fraction of sp³-hybridized carbons (Fsp3) is 0.464. The Morgan fingerprint density at radius 3 is 2.39 bits per heavy atom. The van der Waals surface area contributed by atoms with Crippen LogP contribution < -0.4 is 20.7 Å². The lowest BCUT2D eigenvalue weighted by molar-refractivity contribution is -0.384. The number of carboxylic acid groups (broad SMARTS) is 1. The summed E-state index contributed by atoms with van der Waals surface area (Å²) in [5, 5.41) is 22.8. The number of nitrogens with zero attached hydrogens (tertiary/aromatic N) is 2. The maximum absolute atomic E-state index is 15.5. The zero-order chi connectivity index (χ0) is 30.7. The second-order valence-electron chi connectivity index (χ2n) is 10.6. The van der Waals surface area contributed by atoms with E-state index in [-0.39, 0.29) is 30.8 Å². The predicted molar refractivity (Wildman–Crippen MR) is 150 cm³/mol. The number of primary amides is 1. The number of hydrogen-bond acceptors (Lipinski definition) is 8. The van der Waals surface area contributed by atoms with Gasteiger partial charge in [-0.1, -0.05) is 12.1 Å². The van der Waals surface area contributed by atoms with Crippen LogP contribution in [-0.4, -0.2) is 53.4 Å². The Morgan fingerprint density at radius 1 is 1.15 bits per heavy atom. The van der Waals surface area contributed by atoms with Crippen molar-refractivity contribution in [2.75, 3.05) is 18.5 Å². The van der Waals surface area contributed by atoms with Crippen molar-refractivity contribution in [3.8, 4) is 5.75 Å². The molecule has 0 aromatic heterocycles. The molecule has 0 aliphatic rings. The number of amides is 2. The van der Waals surface area contributed by atoms with Crippen LogP contribution in [0.25, 0.3) is 0 Å². The van der Waals surface area contributed by atoms with Crippen LogP contribution in [0.2, 0.25) is 0 Å². The molecule has 1 unspecified atom stereocenters. The van der Waals surface area contributed by atoms with E-state index in [0.29, 0.717) is 42.5 Å². The standard InChI is InChI=1S/C28H37FN4O8/c1-28(2,3)41-26(35)31-20(12-15-24(30)34)17-32(4)22-11-7-10-18(25(22)29)8-5-6-9-19-16-21(33(38)39)13-14-23(19)40-27(36)37/h7,10-11,13-14,16,20H,5-6,8-9,12,15,17H2,1-4H3,(H2,30,34)(H,31,35)(H,36,37). The van der Waals surface area contributed by atoms with Crippen molar-refractivity contribution in [2.24, 2.45) is 5.73 Å². The molecule has 0 bridgehead atoms. The van der Waals surface area contributed by atoms with Crippen molar-refractivity contribution in [1.29, 1.82) is 0 Å². The smallest absolute Gasteiger partial charge is 0.449 e. The van der Waals surface area contributed by atoms with E-state index in [1.54, 1.807) is 50.9 Å². The largest absolute Gasteiger partial charge is 0.511 e. The molecule has 2 aromatic carbocycles. The number of benzene rings is 2. The average Bonchev–Trinajstić information content (AvgIpc) is 2.85. The number of ether oxygens (including phenoxy) is 2. The fourth-order valence-electron chi connectivity index (χ4n) is 4.18. The number of rotatable bonds is 14. The van der Waals surface area contributed by atoms with Gasteiger partial charge in [0.25, 0.3) is 5.69 Å². The van der Waals surface area contributed by atoms with Gasteiger partial charge in [0.2, 0.25) is 5.91 Å². The number of aryl methyl sites for hydroxylation is 2. The number of nitro groups is 1. The average molecular weight is 577 g/mol. The molecule has 0 spiro atoms. The molecule has 0 fully saturated rings. The molecule has 0 aliphatic carbocycles. The fourth-order valence-corrected chi connectivity index (χ4v) is 4.18. The Morgan fingerprint density at radius 2 is 1.80 bits per heavy atom. The zero-order valence-electron chi connectivity index (χ0n) is 23.6. The quantitative estimate of drug-likeness (QED) is 0.0924. The van der Waals surface area contributed by atoms with Gasteiger partial charge in [0.1, 0.15) is 17.2 Å². The summed E-state index contributed by atoms with van der Waals surface area (Å²) >= 11 is 0. The van der Waals surface area contributed by atoms with Crippen LogP contribution in [0.15, 0.2) is 36.4 Å². The Hall–Kier alpha value is -4.42. The van der Waals surface area contributed by atoms with Gasteiger partial charge in [-0.15, -0.1) is 0 Å². The van der Waals surface area contributed by atoms with Crippen LogP contribution in [0.4, 0.5) is 25.4 Å². The topological polar surface area (TPSA) is 174 Å². The minimum atomic E-state index is -1.53. The summed E-state index contributed by atoms with van der Waals surface area (Å²) in [7, 11) is 1.67. The molecule has 4 N–H and O–H groups in total. The summed E-state index contributed by atoms with van der Waals surface area (Å²) in [6, 6.07) is 8.12. The van der Waals surface area contributed by atoms with Crippen LogP contribution in [0.1, 0.15) is 57.6 Å². The van der Waals surface area contributed by atoms with Gasteiger partial charge in [-0.25, -0.2) is 14.0 Å². The van der Waals surface area contributed by atoms with Crippen molar-refractivity contribution >= 4 is 29.5 Å². The molecule has 2 amide bonds. The molecule has 0 heterocycles. The Kier molecular flexibility index (Phi) is 11.9. The van der Waals surface area contributed by atoms with Crippen LogP contribution in [0.3, 0.4) is 0 Å². The molecule has 0 saturated heterocycles. The highest BCUT2D eigenvalue weighted by molar-refractivity contribution is 5.74. The molecule has 0 saturated carbocycles. The van der Waals surface area contributed by atoms with Gasteiger partial charge in [-0.05, 0) is 70.6 Å². The normalized spacial score (nSPS) is 11.8. The maximum Gasteiger partial charge on any atom is 0.511 e. The van der Waals surface area contributed by atoms with Gasteiger partial charge in [0, 0.05) is 37.7 Å². The number of likely N-dealkylation sites (N-methyl/N-ethyl adjacent to an activating group) is 1. The number of halogens is 1. The SMILES string of the molecule is CN(CC(CCC(N)=O)NC(=O)OC(C)(C)C)c1cccc(CCCCc2cc([N+](=O)[O-])ccc2OC(=O)O)c1F. The number of unbranched alkanes of at least 4 members (excludes halogenated alkanes) is 1. The van der Waals surface area contributed by atoms with E-state index < -0.39 is 40.5 Å². The van der Waals surface area contributed by atoms with E-state index in [0.717, 1.165) is 0 Å². The van der Waals surface area contributed by atoms with E-state index >= 15 is 4.39 Å². The van der Waals surface area contributed by atoms with E-state index in [4.69, 9.17) is 20.3 Å². The van der Waals surface area contributed by atoms with Crippen molar-refractivity contribution in [1.82, 2.24) is 5.32 Å². The summed E-state index contributed by atoms with van der Waals surface area (Å²) in [6.07, 6.45) is -0.253. The summed E-state index contributed by atoms with van der Waals surface area (Å²) in [5.74, 6) is -0.946. The van der Waals surface area contributed by atoms with Gasteiger partial charge in [-0.2, -0.15) is 0 Å². The van der Waals surface area contributed by atoms with E-state index in [1.807, 2.05) is 0 Å². The maximum atomic E-state index is 15.5. The minimum Gasteiger partial charge on any atom is -0.449 e. The zero-order valence-corrected chi connectivity index (χ0v) is 23.6. The highest BCUT2D eigenvalue weighted by atomic mass is 19.1. The summed E-state index contributed by atoms with van der Waals surface area (Å²) in [5.41, 5.74) is 5.50. The third kappa shape index (κ3) is 11.3. The monoisotopic (exact) mass is 576 g/mol.